The SMILES string of the molecule is CN=C(NCCc1c(OC)cc(OC)cc1OC)N(C)Cc1cccn1C. The second-order valence-electron chi connectivity index (χ2n) is 6.20. The number of methoxy groups -OCH3 is 3. The summed E-state index contributed by atoms with van der Waals surface area (Å²) in [4.78, 5) is 6.48. The number of rotatable bonds is 8. The zero-order chi connectivity index (χ0) is 19.8. The van der Waals surface area contributed by atoms with E-state index in [-0.39, 0.29) is 0 Å². The molecular formula is C20H30N4O3. The Morgan fingerprint density at radius 3 is 2.30 bits per heavy atom. The zero-order valence-electron chi connectivity index (χ0n) is 17.1. The average Bonchev–Trinajstić information content (AvgIpc) is 3.09. The minimum absolute atomic E-state index is 0.698. The summed E-state index contributed by atoms with van der Waals surface area (Å²) < 4.78 is 18.4. The summed E-state index contributed by atoms with van der Waals surface area (Å²) in [5, 5.41) is 3.41. The molecular weight excluding hydrogens is 344 g/mol. The minimum Gasteiger partial charge on any atom is -0.496 e. The Bertz CT molecular complexity index is 745. The van der Waals surface area contributed by atoms with E-state index >= 15 is 0 Å². The van der Waals surface area contributed by atoms with E-state index in [1.54, 1.807) is 28.4 Å². The molecule has 0 unspecified atom stereocenters. The molecule has 0 fully saturated rings. The molecule has 0 saturated heterocycles. The van der Waals surface area contributed by atoms with Crippen LogP contribution in [0.25, 0.3) is 0 Å². The van der Waals surface area contributed by atoms with E-state index in [1.807, 2.05) is 38.5 Å². The number of hydrogen-bond donors (Lipinski definition) is 1. The van der Waals surface area contributed by atoms with Crippen molar-refractivity contribution in [2.75, 3.05) is 42.0 Å². The van der Waals surface area contributed by atoms with Crippen LogP contribution in [0, 0.1) is 0 Å². The fraction of sp³-hybridized carbons (Fsp3) is 0.450. The average molecular weight is 374 g/mol. The number of ether oxygens (including phenoxy) is 3. The molecule has 1 aromatic heterocycles. The van der Waals surface area contributed by atoms with Gasteiger partial charge in [0.25, 0.3) is 0 Å². The van der Waals surface area contributed by atoms with Crippen molar-refractivity contribution in [1.82, 2.24) is 14.8 Å². The number of guanidine groups is 1. The van der Waals surface area contributed by atoms with Crippen molar-refractivity contribution in [2.45, 2.75) is 13.0 Å². The first kappa shape index (κ1) is 20.5. The number of benzene rings is 1. The topological polar surface area (TPSA) is 60.3 Å². The summed E-state index contributed by atoms with van der Waals surface area (Å²) in [6.45, 7) is 1.47. The van der Waals surface area contributed by atoms with Gasteiger partial charge >= 0.3 is 0 Å². The van der Waals surface area contributed by atoms with Crippen LogP contribution in [-0.4, -0.2) is 57.4 Å². The normalized spacial score (nSPS) is 11.3. The molecule has 27 heavy (non-hydrogen) atoms. The van der Waals surface area contributed by atoms with Crippen LogP contribution in [-0.2, 0) is 20.0 Å². The first-order chi connectivity index (χ1) is 13.0. The maximum atomic E-state index is 5.51. The number of aromatic nitrogens is 1. The van der Waals surface area contributed by atoms with Crippen LogP contribution in [0.3, 0.4) is 0 Å². The summed E-state index contributed by atoms with van der Waals surface area (Å²) in [5.41, 5.74) is 2.22. The first-order valence-corrected chi connectivity index (χ1v) is 8.84. The van der Waals surface area contributed by atoms with Gasteiger partial charge in [0.2, 0.25) is 0 Å². The second kappa shape index (κ2) is 9.75. The smallest absolute Gasteiger partial charge is 0.193 e. The molecule has 7 nitrogen and oxygen atoms in total. The number of aliphatic imine (C=N–C) groups is 1. The third-order valence-corrected chi connectivity index (χ3v) is 4.50. The highest BCUT2D eigenvalue weighted by molar-refractivity contribution is 5.79. The molecule has 1 aromatic carbocycles. The van der Waals surface area contributed by atoms with Crippen LogP contribution >= 0.6 is 0 Å². The van der Waals surface area contributed by atoms with E-state index in [0.29, 0.717) is 12.3 Å². The molecule has 0 radical (unpaired) electrons. The molecule has 2 rings (SSSR count). The first-order valence-electron chi connectivity index (χ1n) is 8.84. The van der Waals surface area contributed by atoms with Crippen LogP contribution in [0.15, 0.2) is 35.5 Å². The third kappa shape index (κ3) is 5.09. The van der Waals surface area contributed by atoms with Crippen LogP contribution in [0.4, 0.5) is 0 Å². The van der Waals surface area contributed by atoms with Gasteiger partial charge in [-0.25, -0.2) is 0 Å². The van der Waals surface area contributed by atoms with Gasteiger partial charge in [-0.2, -0.15) is 0 Å². The molecule has 0 amide bonds. The molecule has 0 saturated carbocycles. The minimum atomic E-state index is 0.698. The monoisotopic (exact) mass is 374 g/mol. The van der Waals surface area contributed by atoms with E-state index in [4.69, 9.17) is 14.2 Å². The van der Waals surface area contributed by atoms with Crippen LogP contribution in [0.1, 0.15) is 11.3 Å². The molecule has 1 heterocycles. The fourth-order valence-corrected chi connectivity index (χ4v) is 2.99. The van der Waals surface area contributed by atoms with E-state index in [1.165, 1.54) is 5.69 Å². The van der Waals surface area contributed by atoms with Gasteiger partial charge in [-0.1, -0.05) is 0 Å². The van der Waals surface area contributed by atoms with Crippen molar-refractivity contribution in [3.63, 3.8) is 0 Å². The Kier molecular flexibility index (Phi) is 7.40. The molecule has 0 aliphatic heterocycles. The molecule has 0 spiro atoms. The Morgan fingerprint density at radius 2 is 1.81 bits per heavy atom. The predicted octanol–water partition coefficient (Wildman–Crippen LogP) is 2.30. The molecule has 0 aliphatic rings. The van der Waals surface area contributed by atoms with Crippen molar-refractivity contribution in [3.05, 3.63) is 41.7 Å². The largest absolute Gasteiger partial charge is 0.496 e. The lowest BCUT2D eigenvalue weighted by Gasteiger charge is -2.23. The molecule has 0 bridgehead atoms. The van der Waals surface area contributed by atoms with Gasteiger partial charge in [-0.3, -0.25) is 4.99 Å². The Morgan fingerprint density at radius 1 is 1.15 bits per heavy atom. The van der Waals surface area contributed by atoms with Crippen LogP contribution in [0.5, 0.6) is 17.2 Å². The lowest BCUT2D eigenvalue weighted by Crippen LogP contribution is -2.39. The van der Waals surface area contributed by atoms with E-state index in [9.17, 15) is 0 Å². The highest BCUT2D eigenvalue weighted by Gasteiger charge is 2.14. The molecule has 0 aliphatic carbocycles. The Hall–Kier alpha value is -2.83. The third-order valence-electron chi connectivity index (χ3n) is 4.50. The molecule has 2 aromatic rings. The summed E-state index contributed by atoms with van der Waals surface area (Å²) in [7, 11) is 10.8. The summed E-state index contributed by atoms with van der Waals surface area (Å²) in [6, 6.07) is 7.89. The van der Waals surface area contributed by atoms with Gasteiger partial charge in [0.15, 0.2) is 5.96 Å². The molecule has 148 valence electrons. The van der Waals surface area contributed by atoms with Crippen molar-refractivity contribution in [2.24, 2.45) is 12.0 Å². The quantitative estimate of drug-likeness (QED) is 0.568. The van der Waals surface area contributed by atoms with Gasteiger partial charge in [-0.05, 0) is 18.6 Å². The number of hydrogen-bond acceptors (Lipinski definition) is 4. The van der Waals surface area contributed by atoms with E-state index in [2.05, 4.69) is 25.8 Å². The predicted molar refractivity (Wildman–Crippen MR) is 108 cm³/mol. The molecule has 7 heteroatoms. The molecule has 1 N–H and O–H groups in total. The molecule has 0 atom stereocenters. The van der Waals surface area contributed by atoms with Gasteiger partial charge < -0.3 is 29.0 Å². The highest BCUT2D eigenvalue weighted by Crippen LogP contribution is 2.34. The van der Waals surface area contributed by atoms with Gasteiger partial charge in [0.05, 0.1) is 27.9 Å². The second-order valence-corrected chi connectivity index (χ2v) is 6.20. The Labute approximate surface area is 161 Å². The zero-order valence-corrected chi connectivity index (χ0v) is 17.1. The van der Waals surface area contributed by atoms with Gasteiger partial charge in [-0.15, -0.1) is 0 Å². The van der Waals surface area contributed by atoms with Gasteiger partial charge in [0, 0.05) is 57.3 Å². The summed E-state index contributed by atoms with van der Waals surface area (Å²) in [6.07, 6.45) is 2.77. The van der Waals surface area contributed by atoms with E-state index < -0.39 is 0 Å². The van der Waals surface area contributed by atoms with Crippen molar-refractivity contribution in [3.8, 4) is 17.2 Å². The summed E-state index contributed by atoms with van der Waals surface area (Å²) in [5.74, 6) is 3.04. The maximum Gasteiger partial charge on any atom is 0.193 e. The maximum absolute atomic E-state index is 5.51. The summed E-state index contributed by atoms with van der Waals surface area (Å²) >= 11 is 0. The standard InChI is InChI=1S/C20H30N4O3/c1-21-20(24(3)14-15-8-7-11-23(15)2)22-10-9-17-18(26-5)12-16(25-4)13-19(17)27-6/h7-8,11-13H,9-10,14H2,1-6H3,(H,21,22). The van der Waals surface area contributed by atoms with Gasteiger partial charge in [0.1, 0.15) is 17.2 Å². The number of nitrogens with zero attached hydrogens (tertiary/aromatic N) is 3. The lowest BCUT2D eigenvalue weighted by atomic mass is 10.1. The number of nitrogens with one attached hydrogen (secondary N) is 1. The van der Waals surface area contributed by atoms with E-state index in [0.717, 1.165) is 36.0 Å². The lowest BCUT2D eigenvalue weighted by molar-refractivity contribution is 0.368. The van der Waals surface area contributed by atoms with Crippen LogP contribution < -0.4 is 19.5 Å². The van der Waals surface area contributed by atoms with Crippen molar-refractivity contribution >= 4 is 5.96 Å². The van der Waals surface area contributed by atoms with Crippen LogP contribution in [0.2, 0.25) is 0 Å². The number of aryl methyl sites for hydroxylation is 1. The highest BCUT2D eigenvalue weighted by atomic mass is 16.5. The Balaban J connectivity index is 2.02. The van der Waals surface area contributed by atoms with Crippen molar-refractivity contribution in [1.29, 1.82) is 0 Å². The van der Waals surface area contributed by atoms with Crippen molar-refractivity contribution < 1.29 is 14.2 Å². The fourth-order valence-electron chi connectivity index (χ4n) is 2.99.